The van der Waals surface area contributed by atoms with Crippen LogP contribution in [-0.4, -0.2) is 12.4 Å². The summed E-state index contributed by atoms with van der Waals surface area (Å²) in [6, 6.07) is 7.48. The second-order valence-electron chi connectivity index (χ2n) is 5.12. The van der Waals surface area contributed by atoms with Crippen LogP contribution in [0.3, 0.4) is 0 Å². The van der Waals surface area contributed by atoms with E-state index in [2.05, 4.69) is 0 Å². The van der Waals surface area contributed by atoms with Gasteiger partial charge in [-0.1, -0.05) is 41.4 Å². The zero-order valence-electron chi connectivity index (χ0n) is 12.3. The molecule has 0 saturated carbocycles. The van der Waals surface area contributed by atoms with E-state index in [0.717, 1.165) is 18.2 Å². The van der Waals surface area contributed by atoms with Crippen LogP contribution >= 0.6 is 23.2 Å². The lowest BCUT2D eigenvalue weighted by Crippen LogP contribution is -2.50. The predicted octanol–water partition coefficient (Wildman–Crippen LogP) is 6.82. The van der Waals surface area contributed by atoms with E-state index in [-0.39, 0.29) is 17.2 Å². The molecule has 10 heteroatoms. The molecule has 0 heterocycles. The number of hydrogen-bond acceptors (Lipinski definition) is 1. The Morgan fingerprint density at radius 1 is 0.846 bits per heavy atom. The van der Waals surface area contributed by atoms with Gasteiger partial charge in [-0.2, -0.15) is 31.6 Å². The van der Waals surface area contributed by atoms with Crippen LogP contribution in [0.25, 0.3) is 11.1 Å². The summed E-state index contributed by atoms with van der Waals surface area (Å²) in [7, 11) is 0. The van der Waals surface area contributed by atoms with Gasteiger partial charge < -0.3 is 0 Å². The molecule has 2 aromatic rings. The van der Waals surface area contributed by atoms with Crippen LogP contribution in [0.4, 0.5) is 30.7 Å². The molecule has 1 nitrogen and oxygen atoms in total. The van der Waals surface area contributed by atoms with Crippen molar-refractivity contribution in [1.82, 2.24) is 0 Å². The highest BCUT2D eigenvalue weighted by Crippen LogP contribution is 2.56. The third-order valence-electron chi connectivity index (χ3n) is 3.52. The summed E-state index contributed by atoms with van der Waals surface area (Å²) in [6.07, 6.45) is -12.7. The zero-order valence-corrected chi connectivity index (χ0v) is 13.8. The van der Waals surface area contributed by atoms with Gasteiger partial charge in [0.2, 0.25) is 0 Å². The Hall–Kier alpha value is -1.98. The number of nitrogens with zero attached hydrogens (tertiary/aromatic N) is 1. The summed E-state index contributed by atoms with van der Waals surface area (Å²) >= 11 is 11.3. The molecule has 0 aliphatic carbocycles. The van der Waals surface area contributed by atoms with Crippen LogP contribution in [0.1, 0.15) is 11.1 Å². The van der Waals surface area contributed by atoms with E-state index >= 15 is 0 Å². The molecule has 0 bridgehead atoms. The first-order valence-electron chi connectivity index (χ1n) is 6.66. The van der Waals surface area contributed by atoms with Gasteiger partial charge in [0.05, 0.1) is 16.7 Å². The zero-order chi connectivity index (χ0) is 19.9. The maximum absolute atomic E-state index is 14.6. The van der Waals surface area contributed by atoms with Crippen LogP contribution < -0.4 is 0 Å². The minimum atomic E-state index is -6.35. The van der Waals surface area contributed by atoms with Gasteiger partial charge in [-0.15, -0.1) is 0 Å². The van der Waals surface area contributed by atoms with Crippen molar-refractivity contribution in [3.63, 3.8) is 0 Å². The Kier molecular flexibility index (Phi) is 5.19. The Morgan fingerprint density at radius 2 is 1.38 bits per heavy atom. The molecule has 26 heavy (non-hydrogen) atoms. The third-order valence-corrected chi connectivity index (χ3v) is 4.04. The van der Waals surface area contributed by atoms with Crippen molar-refractivity contribution in [2.75, 3.05) is 0 Å². The molecule has 0 aliphatic heterocycles. The highest BCUT2D eigenvalue weighted by atomic mass is 35.5. The van der Waals surface area contributed by atoms with Gasteiger partial charge in [0.25, 0.3) is 0 Å². The molecule has 0 aliphatic rings. The Labute approximate surface area is 152 Å². The van der Waals surface area contributed by atoms with Gasteiger partial charge >= 0.3 is 18.0 Å². The van der Waals surface area contributed by atoms with E-state index in [4.69, 9.17) is 28.5 Å². The smallest absolute Gasteiger partial charge is 0.218 e. The van der Waals surface area contributed by atoms with Crippen LogP contribution in [-0.2, 0) is 5.67 Å². The summed E-state index contributed by atoms with van der Waals surface area (Å²) in [5.74, 6) is 0. The summed E-state index contributed by atoms with van der Waals surface area (Å²) in [5.41, 5.74) is -9.16. The second-order valence-corrected chi connectivity index (χ2v) is 5.97. The number of benzene rings is 2. The minimum absolute atomic E-state index is 0.206. The van der Waals surface area contributed by atoms with Crippen molar-refractivity contribution >= 4 is 23.2 Å². The Balaban J connectivity index is 3.01. The van der Waals surface area contributed by atoms with E-state index in [1.807, 2.05) is 0 Å². The van der Waals surface area contributed by atoms with Crippen molar-refractivity contribution in [3.05, 3.63) is 57.6 Å². The van der Waals surface area contributed by atoms with Gasteiger partial charge in [0.15, 0.2) is 0 Å². The maximum Gasteiger partial charge on any atom is 0.435 e. The fraction of sp³-hybridized carbons (Fsp3) is 0.188. The molecule has 0 saturated heterocycles. The van der Waals surface area contributed by atoms with Crippen molar-refractivity contribution in [2.24, 2.45) is 0 Å². The van der Waals surface area contributed by atoms with Crippen molar-refractivity contribution in [1.29, 1.82) is 5.26 Å². The predicted molar refractivity (Wildman–Crippen MR) is 81.5 cm³/mol. The monoisotopic (exact) mass is 415 g/mol. The Bertz CT molecular complexity index is 868. The maximum atomic E-state index is 14.6. The Morgan fingerprint density at radius 3 is 1.88 bits per heavy atom. The molecule has 0 aromatic heterocycles. The average Bonchev–Trinajstić information content (AvgIpc) is 2.51. The lowest BCUT2D eigenvalue weighted by atomic mass is 9.85. The van der Waals surface area contributed by atoms with Crippen LogP contribution in [0.5, 0.6) is 0 Å². The largest absolute Gasteiger partial charge is 0.435 e. The quantitative estimate of drug-likeness (QED) is 0.493. The van der Waals surface area contributed by atoms with E-state index in [1.54, 1.807) is 6.07 Å². The lowest BCUT2D eigenvalue weighted by Gasteiger charge is -2.32. The van der Waals surface area contributed by atoms with Crippen molar-refractivity contribution in [2.45, 2.75) is 18.0 Å². The number of nitriles is 1. The first-order valence-corrected chi connectivity index (χ1v) is 7.41. The van der Waals surface area contributed by atoms with E-state index in [9.17, 15) is 30.7 Å². The molecule has 0 radical (unpaired) electrons. The molecule has 0 unspecified atom stereocenters. The molecule has 2 aromatic carbocycles. The molecule has 138 valence electrons. The SMILES string of the molecule is N#Cc1ccccc1-c1c(Cl)cc(Cl)cc1C(F)(C(F)(F)F)C(F)(F)F. The molecular formula is C16H6Cl2F7N. The number of rotatable bonds is 2. The van der Waals surface area contributed by atoms with E-state index in [1.165, 1.54) is 12.1 Å². The van der Waals surface area contributed by atoms with Gasteiger partial charge in [-0.25, -0.2) is 4.39 Å². The van der Waals surface area contributed by atoms with Crippen LogP contribution in [0, 0.1) is 11.3 Å². The van der Waals surface area contributed by atoms with Crippen molar-refractivity contribution < 1.29 is 30.7 Å². The normalized spacial score (nSPS) is 12.8. The van der Waals surface area contributed by atoms with Crippen molar-refractivity contribution in [3.8, 4) is 17.2 Å². The van der Waals surface area contributed by atoms with Gasteiger partial charge in [0, 0.05) is 21.7 Å². The summed E-state index contributed by atoms with van der Waals surface area (Å²) in [5, 5.41) is 7.79. The second kappa shape index (κ2) is 6.63. The first-order chi connectivity index (χ1) is 11.8. The molecule has 0 atom stereocenters. The van der Waals surface area contributed by atoms with Crippen LogP contribution in [0.15, 0.2) is 36.4 Å². The number of alkyl halides is 7. The van der Waals surface area contributed by atoms with E-state index < -0.39 is 39.2 Å². The molecule has 0 fully saturated rings. The van der Waals surface area contributed by atoms with Crippen LogP contribution in [0.2, 0.25) is 10.0 Å². The number of hydrogen-bond donors (Lipinski definition) is 0. The number of halogens is 9. The summed E-state index contributed by atoms with van der Waals surface area (Å²) in [6.45, 7) is 0. The summed E-state index contributed by atoms with van der Waals surface area (Å²) in [4.78, 5) is 0. The highest BCUT2D eigenvalue weighted by Gasteiger charge is 2.74. The minimum Gasteiger partial charge on any atom is -0.218 e. The van der Waals surface area contributed by atoms with Gasteiger partial charge in [-0.05, 0) is 18.2 Å². The third kappa shape index (κ3) is 3.21. The molecule has 0 N–H and O–H groups in total. The highest BCUT2D eigenvalue weighted by molar-refractivity contribution is 6.36. The average molecular weight is 416 g/mol. The summed E-state index contributed by atoms with van der Waals surface area (Å²) < 4.78 is 93.7. The molecule has 2 rings (SSSR count). The molecular weight excluding hydrogens is 410 g/mol. The molecule has 0 spiro atoms. The first kappa shape index (κ1) is 20.3. The molecule has 0 amide bonds. The topological polar surface area (TPSA) is 23.8 Å². The standard InChI is InChI=1S/C16H6Cl2F7N/c17-9-5-11(14(19,15(20,21)22)16(23,24)25)13(12(18)6-9)10-4-2-1-3-8(10)7-26/h1-6H. The van der Waals surface area contributed by atoms with E-state index in [0.29, 0.717) is 0 Å². The fourth-order valence-corrected chi connectivity index (χ4v) is 2.98. The van der Waals surface area contributed by atoms with Gasteiger partial charge in [0.1, 0.15) is 0 Å². The van der Waals surface area contributed by atoms with Gasteiger partial charge in [-0.3, -0.25) is 0 Å². The fourth-order valence-electron chi connectivity index (χ4n) is 2.38. The lowest BCUT2D eigenvalue weighted by molar-refractivity contribution is -0.348.